The number of hydrogen-bond donors (Lipinski definition) is 1. The van der Waals surface area contributed by atoms with Crippen LogP contribution in [-0.4, -0.2) is 6.04 Å². The smallest absolute Gasteiger partial charge is 0.123 e. The molecular weight excluding hydrogens is 201 g/mol. The fraction of sp³-hybridized carbons (Fsp3) is 0.571. The Labute approximate surface area is 97.1 Å². The van der Waals surface area contributed by atoms with Gasteiger partial charge in [-0.1, -0.05) is 6.92 Å². The summed E-state index contributed by atoms with van der Waals surface area (Å²) in [4.78, 5) is 0. The number of aryl methyl sites for hydroxylation is 1. The Morgan fingerprint density at radius 2 is 1.88 bits per heavy atom. The van der Waals surface area contributed by atoms with Gasteiger partial charge in [0.2, 0.25) is 0 Å². The van der Waals surface area contributed by atoms with E-state index in [1.54, 1.807) is 6.07 Å². The maximum Gasteiger partial charge on any atom is 0.123 e. The van der Waals surface area contributed by atoms with E-state index in [0.29, 0.717) is 6.04 Å². The van der Waals surface area contributed by atoms with Crippen LogP contribution in [0, 0.1) is 18.7 Å². The van der Waals surface area contributed by atoms with Crippen LogP contribution in [0.3, 0.4) is 0 Å². The van der Waals surface area contributed by atoms with E-state index in [1.165, 1.54) is 31.7 Å². The topological polar surface area (TPSA) is 12.0 Å². The molecule has 1 saturated carbocycles. The van der Waals surface area contributed by atoms with Crippen LogP contribution < -0.4 is 5.32 Å². The zero-order chi connectivity index (χ0) is 11.5. The van der Waals surface area contributed by atoms with E-state index in [4.69, 9.17) is 0 Å². The minimum atomic E-state index is -0.152. The van der Waals surface area contributed by atoms with Crippen molar-refractivity contribution >= 4 is 5.69 Å². The van der Waals surface area contributed by atoms with Crippen LogP contribution in [0.5, 0.6) is 0 Å². The summed E-state index contributed by atoms with van der Waals surface area (Å²) in [7, 11) is 0. The third kappa shape index (κ3) is 2.75. The van der Waals surface area contributed by atoms with Crippen molar-refractivity contribution in [1.82, 2.24) is 0 Å². The lowest BCUT2D eigenvalue weighted by molar-refractivity contribution is 0.361. The summed E-state index contributed by atoms with van der Waals surface area (Å²) in [6.45, 7) is 4.27. The van der Waals surface area contributed by atoms with Crippen LogP contribution in [-0.2, 0) is 0 Å². The maximum absolute atomic E-state index is 12.9. The molecule has 0 heterocycles. The lowest BCUT2D eigenvalue weighted by Crippen LogP contribution is -2.25. The number of rotatable bonds is 2. The maximum atomic E-state index is 12.9. The zero-order valence-corrected chi connectivity index (χ0v) is 10.1. The molecule has 0 saturated heterocycles. The van der Waals surface area contributed by atoms with E-state index in [1.807, 2.05) is 13.0 Å². The number of halogens is 1. The number of nitrogens with one attached hydrogen (secondary N) is 1. The van der Waals surface area contributed by atoms with Crippen molar-refractivity contribution in [1.29, 1.82) is 0 Å². The summed E-state index contributed by atoms with van der Waals surface area (Å²) >= 11 is 0. The second-order valence-corrected chi connectivity index (χ2v) is 5.06. The molecule has 0 bridgehead atoms. The van der Waals surface area contributed by atoms with E-state index in [0.717, 1.165) is 17.2 Å². The highest BCUT2D eigenvalue weighted by atomic mass is 19.1. The van der Waals surface area contributed by atoms with Gasteiger partial charge in [0.1, 0.15) is 5.82 Å². The Morgan fingerprint density at radius 3 is 2.50 bits per heavy atom. The summed E-state index contributed by atoms with van der Waals surface area (Å²) in [5, 5.41) is 3.53. The molecular formula is C14H20FN. The highest BCUT2D eigenvalue weighted by molar-refractivity contribution is 5.51. The molecule has 1 aromatic rings. The first-order valence-corrected chi connectivity index (χ1v) is 6.18. The van der Waals surface area contributed by atoms with Crippen molar-refractivity contribution < 1.29 is 4.39 Å². The molecule has 1 N–H and O–H groups in total. The largest absolute Gasteiger partial charge is 0.382 e. The first-order chi connectivity index (χ1) is 7.65. The van der Waals surface area contributed by atoms with Crippen LogP contribution in [0.1, 0.15) is 38.2 Å². The summed E-state index contributed by atoms with van der Waals surface area (Å²) in [6, 6.07) is 5.54. The van der Waals surface area contributed by atoms with Gasteiger partial charge in [-0.05, 0) is 62.3 Å². The van der Waals surface area contributed by atoms with Crippen LogP contribution >= 0.6 is 0 Å². The Bertz CT molecular complexity index is 354. The molecule has 2 heteroatoms. The van der Waals surface area contributed by atoms with Crippen LogP contribution in [0.2, 0.25) is 0 Å². The zero-order valence-electron chi connectivity index (χ0n) is 10.1. The van der Waals surface area contributed by atoms with Crippen molar-refractivity contribution in [3.05, 3.63) is 29.6 Å². The Morgan fingerprint density at radius 1 is 1.19 bits per heavy atom. The predicted molar refractivity (Wildman–Crippen MR) is 66.2 cm³/mol. The fourth-order valence-corrected chi connectivity index (χ4v) is 2.41. The Hall–Kier alpha value is -1.05. The molecule has 0 aliphatic heterocycles. The standard InChI is InChI=1S/C14H20FN/c1-10-3-6-13(7-4-10)16-14-8-5-12(15)9-11(14)2/h5,8-10,13,16H,3-4,6-7H2,1-2H3. The molecule has 1 aromatic carbocycles. The summed E-state index contributed by atoms with van der Waals surface area (Å²) in [5.41, 5.74) is 2.08. The first-order valence-electron chi connectivity index (χ1n) is 6.18. The van der Waals surface area contributed by atoms with Gasteiger partial charge in [-0.25, -0.2) is 4.39 Å². The molecule has 16 heavy (non-hydrogen) atoms. The van der Waals surface area contributed by atoms with Gasteiger partial charge in [-0.2, -0.15) is 0 Å². The molecule has 0 spiro atoms. The third-order valence-corrected chi connectivity index (χ3v) is 3.56. The molecule has 0 atom stereocenters. The lowest BCUT2D eigenvalue weighted by Gasteiger charge is -2.28. The molecule has 1 aliphatic carbocycles. The van der Waals surface area contributed by atoms with E-state index < -0.39 is 0 Å². The summed E-state index contributed by atoms with van der Waals surface area (Å²) in [6.07, 6.45) is 5.08. The Kier molecular flexibility index (Phi) is 3.47. The van der Waals surface area contributed by atoms with E-state index in [2.05, 4.69) is 12.2 Å². The van der Waals surface area contributed by atoms with Crippen molar-refractivity contribution in [2.24, 2.45) is 5.92 Å². The van der Waals surface area contributed by atoms with Gasteiger partial charge < -0.3 is 5.32 Å². The van der Waals surface area contributed by atoms with Gasteiger partial charge >= 0.3 is 0 Å². The van der Waals surface area contributed by atoms with Gasteiger partial charge in [0.05, 0.1) is 0 Å². The normalized spacial score (nSPS) is 25.4. The van der Waals surface area contributed by atoms with Crippen molar-refractivity contribution in [2.75, 3.05) is 5.32 Å². The molecule has 1 nitrogen and oxygen atoms in total. The van der Waals surface area contributed by atoms with Crippen molar-refractivity contribution in [3.63, 3.8) is 0 Å². The van der Waals surface area contributed by atoms with Gasteiger partial charge in [0, 0.05) is 11.7 Å². The van der Waals surface area contributed by atoms with E-state index in [-0.39, 0.29) is 5.82 Å². The van der Waals surface area contributed by atoms with Gasteiger partial charge in [-0.15, -0.1) is 0 Å². The molecule has 1 fully saturated rings. The molecule has 0 unspecified atom stereocenters. The number of anilines is 1. The summed E-state index contributed by atoms with van der Waals surface area (Å²) < 4.78 is 12.9. The van der Waals surface area contributed by atoms with Gasteiger partial charge in [-0.3, -0.25) is 0 Å². The molecule has 88 valence electrons. The minimum absolute atomic E-state index is 0.152. The third-order valence-electron chi connectivity index (χ3n) is 3.56. The van der Waals surface area contributed by atoms with E-state index in [9.17, 15) is 4.39 Å². The van der Waals surface area contributed by atoms with Crippen molar-refractivity contribution in [3.8, 4) is 0 Å². The second kappa shape index (κ2) is 4.86. The molecule has 0 amide bonds. The quantitative estimate of drug-likeness (QED) is 0.792. The lowest BCUT2D eigenvalue weighted by atomic mass is 9.87. The van der Waals surface area contributed by atoms with E-state index >= 15 is 0 Å². The van der Waals surface area contributed by atoms with Gasteiger partial charge in [0.25, 0.3) is 0 Å². The van der Waals surface area contributed by atoms with Crippen LogP contribution in [0.15, 0.2) is 18.2 Å². The first kappa shape index (κ1) is 11.4. The molecule has 1 aliphatic rings. The van der Waals surface area contributed by atoms with Crippen molar-refractivity contribution in [2.45, 2.75) is 45.6 Å². The predicted octanol–water partition coefficient (Wildman–Crippen LogP) is 4.12. The SMILES string of the molecule is Cc1cc(F)ccc1NC1CCC(C)CC1. The average Bonchev–Trinajstić information content (AvgIpc) is 2.25. The second-order valence-electron chi connectivity index (χ2n) is 5.06. The molecule has 0 radical (unpaired) electrons. The van der Waals surface area contributed by atoms with Gasteiger partial charge in [0.15, 0.2) is 0 Å². The number of benzene rings is 1. The average molecular weight is 221 g/mol. The summed E-state index contributed by atoms with van der Waals surface area (Å²) in [5.74, 6) is 0.715. The molecule has 0 aromatic heterocycles. The fourth-order valence-electron chi connectivity index (χ4n) is 2.41. The van der Waals surface area contributed by atoms with Crippen LogP contribution in [0.4, 0.5) is 10.1 Å². The monoisotopic (exact) mass is 221 g/mol. The van der Waals surface area contributed by atoms with Crippen LogP contribution in [0.25, 0.3) is 0 Å². The Balaban J connectivity index is 1.98. The highest BCUT2D eigenvalue weighted by Crippen LogP contribution is 2.27. The number of hydrogen-bond acceptors (Lipinski definition) is 1. The minimum Gasteiger partial charge on any atom is -0.382 e. The highest BCUT2D eigenvalue weighted by Gasteiger charge is 2.18. The molecule has 2 rings (SSSR count).